The van der Waals surface area contributed by atoms with Crippen LogP contribution in [0.1, 0.15) is 18.2 Å². The summed E-state index contributed by atoms with van der Waals surface area (Å²) in [5.74, 6) is -4.40. The van der Waals surface area contributed by atoms with E-state index in [0.29, 0.717) is 5.75 Å². The van der Waals surface area contributed by atoms with Crippen LogP contribution in [0.2, 0.25) is 5.02 Å². The van der Waals surface area contributed by atoms with Crippen molar-refractivity contribution < 1.29 is 26.7 Å². The molecular formula is C23H17ClF5N3O. The average Bonchev–Trinajstić information content (AvgIpc) is 3.25. The van der Waals surface area contributed by atoms with E-state index in [9.17, 15) is 22.0 Å². The van der Waals surface area contributed by atoms with Crippen molar-refractivity contribution in [3.8, 4) is 16.9 Å². The Balaban J connectivity index is 1.70. The van der Waals surface area contributed by atoms with Gasteiger partial charge in [0, 0.05) is 18.2 Å². The highest BCUT2D eigenvalue weighted by molar-refractivity contribution is 6.33. The van der Waals surface area contributed by atoms with Crippen molar-refractivity contribution in [3.05, 3.63) is 77.6 Å². The molecule has 1 unspecified atom stereocenters. The van der Waals surface area contributed by atoms with E-state index in [4.69, 9.17) is 16.3 Å². The van der Waals surface area contributed by atoms with Gasteiger partial charge in [-0.05, 0) is 35.9 Å². The predicted octanol–water partition coefficient (Wildman–Crippen LogP) is 6.92. The largest absolute Gasteiger partial charge is 0.497 e. The van der Waals surface area contributed by atoms with Gasteiger partial charge >= 0.3 is 12.1 Å². The van der Waals surface area contributed by atoms with Crippen LogP contribution in [-0.4, -0.2) is 29.9 Å². The molecule has 0 saturated heterocycles. The number of nitrogens with zero attached hydrogens (tertiary/aromatic N) is 3. The maximum atomic E-state index is 14.1. The third-order valence-corrected chi connectivity index (χ3v) is 5.60. The number of para-hydroxylation sites is 1. The van der Waals surface area contributed by atoms with Crippen LogP contribution in [-0.2, 0) is 0 Å². The highest BCUT2D eigenvalue weighted by Crippen LogP contribution is 2.45. The van der Waals surface area contributed by atoms with Gasteiger partial charge in [-0.3, -0.25) is 9.99 Å². The van der Waals surface area contributed by atoms with Gasteiger partial charge in [0.2, 0.25) is 0 Å². The first kappa shape index (κ1) is 23.0. The van der Waals surface area contributed by atoms with E-state index in [1.807, 2.05) is 12.1 Å². The molecule has 10 heteroatoms. The fourth-order valence-corrected chi connectivity index (χ4v) is 3.73. The van der Waals surface area contributed by atoms with Gasteiger partial charge in [0.05, 0.1) is 23.5 Å². The van der Waals surface area contributed by atoms with Crippen LogP contribution in [0.5, 0.6) is 5.75 Å². The molecule has 1 aromatic heterocycles. The molecule has 0 saturated carbocycles. The lowest BCUT2D eigenvalue weighted by Crippen LogP contribution is -2.43. The Morgan fingerprint density at radius 2 is 1.61 bits per heavy atom. The van der Waals surface area contributed by atoms with Crippen molar-refractivity contribution >= 4 is 23.0 Å². The van der Waals surface area contributed by atoms with Crippen LogP contribution in [0.3, 0.4) is 0 Å². The summed E-state index contributed by atoms with van der Waals surface area (Å²) < 4.78 is 72.4. The van der Waals surface area contributed by atoms with Crippen LogP contribution in [0, 0.1) is 0 Å². The number of ether oxygens (including phenoxy) is 1. The van der Waals surface area contributed by atoms with Gasteiger partial charge in [-0.2, -0.15) is 27.1 Å². The summed E-state index contributed by atoms with van der Waals surface area (Å²) in [6, 6.07) is 15.7. The van der Waals surface area contributed by atoms with Crippen LogP contribution in [0.25, 0.3) is 11.1 Å². The van der Waals surface area contributed by atoms with Gasteiger partial charge in [-0.1, -0.05) is 41.9 Å². The molecule has 172 valence electrons. The minimum absolute atomic E-state index is 0.165. The topological polar surface area (TPSA) is 37.7 Å². The van der Waals surface area contributed by atoms with E-state index in [2.05, 4.69) is 10.1 Å². The van der Waals surface area contributed by atoms with Gasteiger partial charge in [-0.15, -0.1) is 0 Å². The number of rotatable bonds is 5. The molecule has 0 fully saturated rings. The summed E-state index contributed by atoms with van der Waals surface area (Å²) in [6.07, 6.45) is -4.90. The van der Waals surface area contributed by atoms with Gasteiger partial charge in [0.25, 0.3) is 0 Å². The quantitative estimate of drug-likeness (QED) is 0.371. The first-order valence-electron chi connectivity index (χ1n) is 9.78. The molecule has 1 aliphatic heterocycles. The van der Waals surface area contributed by atoms with Crippen molar-refractivity contribution in [2.45, 2.75) is 24.6 Å². The average molecular weight is 482 g/mol. The lowest BCUT2D eigenvalue weighted by atomic mass is 10.0. The van der Waals surface area contributed by atoms with E-state index in [-0.39, 0.29) is 16.4 Å². The number of hydrogen-bond acceptors (Lipinski definition) is 4. The molecule has 0 N–H and O–H groups in total. The molecule has 0 bridgehead atoms. The molecule has 0 spiro atoms. The summed E-state index contributed by atoms with van der Waals surface area (Å²) in [4.78, 5) is 4.35. The van der Waals surface area contributed by atoms with Crippen LogP contribution >= 0.6 is 11.6 Å². The zero-order valence-electron chi connectivity index (χ0n) is 17.2. The maximum absolute atomic E-state index is 14.1. The van der Waals surface area contributed by atoms with Gasteiger partial charge in [-0.25, -0.2) is 0 Å². The first-order valence-corrected chi connectivity index (χ1v) is 10.2. The van der Waals surface area contributed by atoms with Crippen molar-refractivity contribution in [3.63, 3.8) is 0 Å². The Morgan fingerprint density at radius 1 is 0.939 bits per heavy atom. The third kappa shape index (κ3) is 4.37. The van der Waals surface area contributed by atoms with Crippen LogP contribution < -0.4 is 9.75 Å². The highest BCUT2D eigenvalue weighted by Gasteiger charge is 2.63. The van der Waals surface area contributed by atoms with Crippen molar-refractivity contribution in [1.29, 1.82) is 0 Å². The van der Waals surface area contributed by atoms with E-state index in [1.165, 1.54) is 18.3 Å². The van der Waals surface area contributed by atoms with E-state index >= 15 is 0 Å². The molecule has 3 aromatic rings. The molecular weight excluding hydrogens is 465 g/mol. The SMILES string of the molecule is COc1ccc(-c2ccc(C3CC(C(F)(F)C(F)(F)F)=NN3c3ccccc3Cl)nc2)cc1. The number of halogens is 6. The molecule has 2 heterocycles. The van der Waals surface area contributed by atoms with Gasteiger partial charge in [0.1, 0.15) is 17.5 Å². The zero-order chi connectivity index (χ0) is 23.8. The zero-order valence-corrected chi connectivity index (χ0v) is 17.9. The molecule has 1 aliphatic rings. The molecule has 0 amide bonds. The molecule has 0 aliphatic carbocycles. The second kappa shape index (κ2) is 8.62. The van der Waals surface area contributed by atoms with E-state index in [0.717, 1.165) is 16.1 Å². The number of anilines is 1. The van der Waals surface area contributed by atoms with Crippen LogP contribution in [0.15, 0.2) is 72.0 Å². The van der Waals surface area contributed by atoms with Crippen molar-refractivity contribution in [2.24, 2.45) is 5.10 Å². The fourth-order valence-electron chi connectivity index (χ4n) is 3.51. The summed E-state index contributed by atoms with van der Waals surface area (Å²) >= 11 is 6.19. The summed E-state index contributed by atoms with van der Waals surface area (Å²) in [6.45, 7) is 0. The lowest BCUT2D eigenvalue weighted by molar-refractivity contribution is -0.249. The monoisotopic (exact) mass is 481 g/mol. The highest BCUT2D eigenvalue weighted by atomic mass is 35.5. The summed E-state index contributed by atoms with van der Waals surface area (Å²) in [7, 11) is 1.55. The van der Waals surface area contributed by atoms with Gasteiger partial charge < -0.3 is 4.74 Å². The van der Waals surface area contributed by atoms with Crippen molar-refractivity contribution in [2.75, 3.05) is 12.1 Å². The minimum Gasteiger partial charge on any atom is -0.497 e. The second-order valence-electron chi connectivity index (χ2n) is 7.33. The molecule has 33 heavy (non-hydrogen) atoms. The number of hydrogen-bond donors (Lipinski definition) is 0. The van der Waals surface area contributed by atoms with E-state index in [1.54, 1.807) is 43.5 Å². The molecule has 4 nitrogen and oxygen atoms in total. The normalized spacial score (nSPS) is 16.6. The summed E-state index contributed by atoms with van der Waals surface area (Å²) in [5.41, 5.74) is 0.776. The summed E-state index contributed by atoms with van der Waals surface area (Å²) in [5, 5.41) is 4.90. The first-order chi connectivity index (χ1) is 15.6. The molecule has 1 atom stereocenters. The Labute approximate surface area is 191 Å². The number of methoxy groups -OCH3 is 1. The molecule has 0 radical (unpaired) electrons. The number of aromatic nitrogens is 1. The third-order valence-electron chi connectivity index (χ3n) is 5.28. The number of benzene rings is 2. The maximum Gasteiger partial charge on any atom is 0.459 e. The second-order valence-corrected chi connectivity index (χ2v) is 7.74. The molecule has 4 rings (SSSR count). The Kier molecular flexibility index (Phi) is 6.00. The Bertz CT molecular complexity index is 1160. The number of alkyl halides is 5. The Hall–Kier alpha value is -3.20. The molecule has 2 aromatic carbocycles. The fraction of sp³-hybridized carbons (Fsp3) is 0.217. The van der Waals surface area contributed by atoms with Crippen molar-refractivity contribution in [1.82, 2.24) is 4.98 Å². The lowest BCUT2D eigenvalue weighted by Gasteiger charge is -2.24. The van der Waals surface area contributed by atoms with Gasteiger partial charge in [0.15, 0.2) is 0 Å². The predicted molar refractivity (Wildman–Crippen MR) is 116 cm³/mol. The minimum atomic E-state index is -5.77. The standard InChI is InChI=1S/C23H17ClF5N3O/c1-33-16-9-6-14(7-10-16)15-8-11-18(30-13-15)20-12-21(22(25,26)23(27,28)29)31-32(20)19-5-3-2-4-17(19)24/h2-11,13,20H,12H2,1H3. The smallest absolute Gasteiger partial charge is 0.459 e. The Morgan fingerprint density at radius 3 is 2.18 bits per heavy atom. The number of pyridine rings is 1. The number of hydrazone groups is 1. The van der Waals surface area contributed by atoms with Crippen LogP contribution in [0.4, 0.5) is 27.6 Å². The van der Waals surface area contributed by atoms with E-state index < -0.39 is 30.3 Å².